The first-order valence-electron chi connectivity index (χ1n) is 8.63. The van der Waals surface area contributed by atoms with Crippen LogP contribution in [0.25, 0.3) is 0 Å². The number of likely N-dealkylation sites (tertiary alicyclic amines) is 1. The van der Waals surface area contributed by atoms with Gasteiger partial charge in [-0.25, -0.2) is 0 Å². The number of hydrogen-bond acceptors (Lipinski definition) is 3. The fourth-order valence-electron chi connectivity index (χ4n) is 3.74. The van der Waals surface area contributed by atoms with Crippen LogP contribution in [0.3, 0.4) is 0 Å². The molecule has 0 saturated carbocycles. The minimum absolute atomic E-state index is 0.677. The van der Waals surface area contributed by atoms with E-state index in [1.54, 1.807) is 0 Å². The lowest BCUT2D eigenvalue weighted by molar-refractivity contribution is 0.0572. The summed E-state index contributed by atoms with van der Waals surface area (Å²) in [5, 5.41) is 3.77. The Morgan fingerprint density at radius 2 is 1.70 bits per heavy atom. The molecule has 3 heteroatoms. The predicted molar refractivity (Wildman–Crippen MR) is 87.0 cm³/mol. The van der Waals surface area contributed by atoms with Crippen LogP contribution in [-0.2, 0) is 0 Å². The summed E-state index contributed by atoms with van der Waals surface area (Å²) in [7, 11) is 2.26. The number of rotatable bonds is 4. The summed E-state index contributed by atoms with van der Waals surface area (Å²) in [6.45, 7) is 15.8. The Bertz CT molecular complexity index is 282. The zero-order chi connectivity index (χ0) is 14.7. The highest BCUT2D eigenvalue weighted by molar-refractivity contribution is 4.90. The molecule has 0 amide bonds. The molecule has 2 heterocycles. The van der Waals surface area contributed by atoms with Crippen molar-refractivity contribution < 1.29 is 0 Å². The zero-order valence-corrected chi connectivity index (χ0v) is 14.2. The van der Waals surface area contributed by atoms with Gasteiger partial charge >= 0.3 is 0 Å². The van der Waals surface area contributed by atoms with Crippen LogP contribution in [0.5, 0.6) is 0 Å². The monoisotopic (exact) mass is 281 g/mol. The lowest BCUT2D eigenvalue weighted by Gasteiger charge is -2.45. The third-order valence-corrected chi connectivity index (χ3v) is 5.39. The van der Waals surface area contributed by atoms with Crippen molar-refractivity contribution in [2.24, 2.45) is 17.8 Å². The van der Waals surface area contributed by atoms with E-state index in [0.29, 0.717) is 6.04 Å². The first kappa shape index (κ1) is 16.3. The summed E-state index contributed by atoms with van der Waals surface area (Å²) in [5.41, 5.74) is 0. The van der Waals surface area contributed by atoms with Crippen LogP contribution in [0.2, 0.25) is 0 Å². The van der Waals surface area contributed by atoms with E-state index < -0.39 is 0 Å². The summed E-state index contributed by atoms with van der Waals surface area (Å²) in [6, 6.07) is 1.40. The molecular formula is C17H35N3. The minimum Gasteiger partial charge on any atom is -0.311 e. The third-order valence-electron chi connectivity index (χ3n) is 5.39. The maximum atomic E-state index is 3.77. The fourth-order valence-corrected chi connectivity index (χ4v) is 3.74. The summed E-state index contributed by atoms with van der Waals surface area (Å²) < 4.78 is 0. The minimum atomic E-state index is 0.677. The Morgan fingerprint density at radius 1 is 1.05 bits per heavy atom. The van der Waals surface area contributed by atoms with Crippen LogP contribution in [0.4, 0.5) is 0 Å². The number of piperidine rings is 1. The summed E-state index contributed by atoms with van der Waals surface area (Å²) in [5.74, 6) is 2.41. The predicted octanol–water partition coefficient (Wildman–Crippen LogP) is 2.28. The molecule has 0 aliphatic carbocycles. The van der Waals surface area contributed by atoms with Gasteiger partial charge in [0.25, 0.3) is 0 Å². The van der Waals surface area contributed by atoms with Gasteiger partial charge in [0, 0.05) is 31.7 Å². The number of nitrogens with one attached hydrogen (secondary N) is 1. The van der Waals surface area contributed by atoms with Crippen LogP contribution >= 0.6 is 0 Å². The highest BCUT2D eigenvalue weighted by Gasteiger charge is 2.32. The molecular weight excluding hydrogens is 246 g/mol. The van der Waals surface area contributed by atoms with Gasteiger partial charge in [0.05, 0.1) is 0 Å². The average molecular weight is 281 g/mol. The van der Waals surface area contributed by atoms with Gasteiger partial charge in [0.15, 0.2) is 0 Å². The largest absolute Gasteiger partial charge is 0.311 e. The van der Waals surface area contributed by atoms with Gasteiger partial charge in [-0.15, -0.1) is 0 Å². The smallest absolute Gasteiger partial charge is 0.0244 e. The molecule has 0 aromatic carbocycles. The second-order valence-corrected chi connectivity index (χ2v) is 7.77. The van der Waals surface area contributed by atoms with Crippen molar-refractivity contribution in [1.29, 1.82) is 0 Å². The van der Waals surface area contributed by atoms with E-state index in [0.717, 1.165) is 23.8 Å². The molecule has 20 heavy (non-hydrogen) atoms. The first-order valence-corrected chi connectivity index (χ1v) is 8.63. The maximum Gasteiger partial charge on any atom is 0.0244 e. The van der Waals surface area contributed by atoms with Gasteiger partial charge in [-0.3, -0.25) is 4.90 Å². The Morgan fingerprint density at radius 3 is 2.25 bits per heavy atom. The second-order valence-electron chi connectivity index (χ2n) is 7.77. The van der Waals surface area contributed by atoms with Gasteiger partial charge in [-0.2, -0.15) is 0 Å². The molecule has 0 radical (unpaired) electrons. The van der Waals surface area contributed by atoms with Crippen molar-refractivity contribution in [1.82, 2.24) is 15.1 Å². The molecule has 2 atom stereocenters. The fraction of sp³-hybridized carbons (Fsp3) is 1.00. The molecule has 0 aromatic heterocycles. The van der Waals surface area contributed by atoms with E-state index in [9.17, 15) is 0 Å². The van der Waals surface area contributed by atoms with Crippen LogP contribution < -0.4 is 5.32 Å². The molecule has 3 nitrogen and oxygen atoms in total. The Labute approximate surface area is 126 Å². The van der Waals surface area contributed by atoms with Crippen molar-refractivity contribution in [3.63, 3.8) is 0 Å². The molecule has 2 fully saturated rings. The summed E-state index contributed by atoms with van der Waals surface area (Å²) in [4.78, 5) is 5.28. The van der Waals surface area contributed by atoms with Gasteiger partial charge in [-0.05, 0) is 50.7 Å². The lowest BCUT2D eigenvalue weighted by atomic mass is 9.90. The van der Waals surface area contributed by atoms with E-state index in [2.05, 4.69) is 49.9 Å². The van der Waals surface area contributed by atoms with E-state index in [4.69, 9.17) is 0 Å². The molecule has 2 aliphatic rings. The first-order chi connectivity index (χ1) is 9.47. The molecule has 2 aliphatic heterocycles. The van der Waals surface area contributed by atoms with E-state index in [1.807, 2.05) is 0 Å². The summed E-state index contributed by atoms with van der Waals surface area (Å²) in [6.07, 6.45) is 2.77. The molecule has 0 bridgehead atoms. The van der Waals surface area contributed by atoms with Gasteiger partial charge < -0.3 is 10.2 Å². The van der Waals surface area contributed by atoms with E-state index in [-0.39, 0.29) is 0 Å². The third kappa shape index (κ3) is 4.19. The van der Waals surface area contributed by atoms with Crippen molar-refractivity contribution in [2.75, 3.05) is 39.8 Å². The van der Waals surface area contributed by atoms with Crippen molar-refractivity contribution >= 4 is 0 Å². The highest BCUT2D eigenvalue weighted by atomic mass is 15.2. The van der Waals surface area contributed by atoms with Crippen LogP contribution in [-0.4, -0.2) is 61.7 Å². The second kappa shape index (κ2) is 7.24. The topological polar surface area (TPSA) is 18.5 Å². The van der Waals surface area contributed by atoms with E-state index in [1.165, 1.54) is 45.6 Å². The van der Waals surface area contributed by atoms with Crippen molar-refractivity contribution in [2.45, 2.75) is 52.6 Å². The van der Waals surface area contributed by atoms with Gasteiger partial charge in [0.1, 0.15) is 0 Å². The Balaban J connectivity index is 1.93. The average Bonchev–Trinajstić information content (AvgIpc) is 2.41. The molecule has 118 valence electrons. The van der Waals surface area contributed by atoms with Crippen LogP contribution in [0.1, 0.15) is 40.5 Å². The molecule has 0 spiro atoms. The normalized spacial score (nSPS) is 31.4. The number of nitrogens with zero attached hydrogens (tertiary/aromatic N) is 2. The maximum absolute atomic E-state index is 3.77. The van der Waals surface area contributed by atoms with E-state index >= 15 is 0 Å². The Hall–Kier alpha value is -0.120. The molecule has 2 saturated heterocycles. The standard InChI is InChI=1S/C17H35N3/c1-13(2)16-12-20(17(10-18-16)14(3)4)11-15-6-8-19(5)9-7-15/h13-18H,6-12H2,1-5H3. The number of hydrogen-bond donors (Lipinski definition) is 1. The van der Waals surface area contributed by atoms with Crippen LogP contribution in [0, 0.1) is 17.8 Å². The van der Waals surface area contributed by atoms with Crippen molar-refractivity contribution in [3.8, 4) is 0 Å². The van der Waals surface area contributed by atoms with Crippen LogP contribution in [0.15, 0.2) is 0 Å². The number of piperazine rings is 1. The molecule has 2 unspecified atom stereocenters. The molecule has 1 N–H and O–H groups in total. The Kier molecular flexibility index (Phi) is 5.88. The van der Waals surface area contributed by atoms with Gasteiger partial charge in [0.2, 0.25) is 0 Å². The zero-order valence-electron chi connectivity index (χ0n) is 14.2. The quantitative estimate of drug-likeness (QED) is 0.853. The SMILES string of the molecule is CC(C)C1CN(CC2CCN(C)CC2)C(C(C)C)CN1. The van der Waals surface area contributed by atoms with Gasteiger partial charge in [-0.1, -0.05) is 27.7 Å². The molecule has 0 aromatic rings. The van der Waals surface area contributed by atoms with Crippen molar-refractivity contribution in [3.05, 3.63) is 0 Å². The molecule has 2 rings (SSSR count). The highest BCUT2D eigenvalue weighted by Crippen LogP contribution is 2.23. The summed E-state index contributed by atoms with van der Waals surface area (Å²) >= 11 is 0. The lowest BCUT2D eigenvalue weighted by Crippen LogP contribution is -2.60.